The Morgan fingerprint density at radius 3 is 2.62 bits per heavy atom. The van der Waals surface area contributed by atoms with Crippen LogP contribution in [0.15, 0.2) is 48.7 Å². The number of carbonyl (C=O) groups excluding carboxylic acids is 2. The lowest BCUT2D eigenvalue weighted by atomic mass is 9.89. The van der Waals surface area contributed by atoms with E-state index >= 15 is 0 Å². The van der Waals surface area contributed by atoms with Crippen LogP contribution in [-0.4, -0.2) is 57.6 Å². The fourth-order valence-corrected chi connectivity index (χ4v) is 6.04. The summed E-state index contributed by atoms with van der Waals surface area (Å²) in [4.78, 5) is 30.6. The van der Waals surface area contributed by atoms with Gasteiger partial charge in [-0.05, 0) is 67.5 Å². The Kier molecular flexibility index (Phi) is 4.99. The lowest BCUT2D eigenvalue weighted by Crippen LogP contribution is -2.52. The van der Waals surface area contributed by atoms with Crippen molar-refractivity contribution in [2.24, 2.45) is 18.4 Å². The topological polar surface area (TPSA) is 70.5 Å². The average molecular weight is 458 g/mol. The molecule has 1 saturated carbocycles. The highest BCUT2D eigenvalue weighted by Gasteiger charge is 2.59. The molecule has 34 heavy (non-hydrogen) atoms. The van der Waals surface area contributed by atoms with Crippen molar-refractivity contribution in [2.45, 2.75) is 38.3 Å². The van der Waals surface area contributed by atoms with Crippen molar-refractivity contribution in [1.29, 1.82) is 0 Å². The van der Waals surface area contributed by atoms with Crippen LogP contribution in [0.1, 0.15) is 30.4 Å². The van der Waals surface area contributed by atoms with Crippen LogP contribution in [-0.2, 0) is 29.6 Å². The Labute approximate surface area is 199 Å². The van der Waals surface area contributed by atoms with Crippen molar-refractivity contribution in [3.8, 4) is 0 Å². The predicted octanol–water partition coefficient (Wildman–Crippen LogP) is 3.20. The Morgan fingerprint density at radius 1 is 1.06 bits per heavy atom. The van der Waals surface area contributed by atoms with E-state index in [1.165, 1.54) is 11.1 Å². The first-order valence-electron chi connectivity index (χ1n) is 12.2. The fraction of sp³-hybridized carbons (Fsp3) is 0.444. The van der Waals surface area contributed by atoms with Gasteiger partial charge < -0.3 is 10.2 Å². The maximum absolute atomic E-state index is 13.4. The van der Waals surface area contributed by atoms with E-state index in [0.29, 0.717) is 0 Å². The summed E-state index contributed by atoms with van der Waals surface area (Å²) >= 11 is 0. The van der Waals surface area contributed by atoms with Gasteiger partial charge in [0, 0.05) is 43.7 Å². The third-order valence-corrected chi connectivity index (χ3v) is 8.36. The molecule has 7 heteroatoms. The van der Waals surface area contributed by atoms with Gasteiger partial charge in [0.05, 0.1) is 17.8 Å². The van der Waals surface area contributed by atoms with Gasteiger partial charge >= 0.3 is 0 Å². The maximum atomic E-state index is 13.4. The van der Waals surface area contributed by atoms with Crippen molar-refractivity contribution < 1.29 is 9.59 Å². The van der Waals surface area contributed by atoms with Crippen LogP contribution in [0.2, 0.25) is 0 Å². The molecule has 2 aliphatic heterocycles. The number of carbonyl (C=O) groups is 2. The van der Waals surface area contributed by atoms with E-state index in [1.54, 1.807) is 0 Å². The number of likely N-dealkylation sites (N-methyl/N-ethyl adjacent to an activating group) is 1. The summed E-state index contributed by atoms with van der Waals surface area (Å²) in [5.74, 6) is 0.374. The fourth-order valence-electron chi connectivity index (χ4n) is 6.04. The molecule has 2 fully saturated rings. The van der Waals surface area contributed by atoms with Gasteiger partial charge in [0.1, 0.15) is 0 Å². The van der Waals surface area contributed by atoms with Crippen molar-refractivity contribution in [3.63, 3.8) is 0 Å². The van der Waals surface area contributed by atoms with Crippen LogP contribution in [0.5, 0.6) is 0 Å². The highest BCUT2D eigenvalue weighted by molar-refractivity contribution is 5.97. The standard InChI is InChI=1S/C27H31N5O2/c1-30-17-20-6-4-3-5-18(20)13-24(30)26(34)32-11-9-27(10-12-32)15-22(27)25(33)29-21-8-7-19-16-28-31(2)23(19)14-21/h3-8,14,16,22,24H,9-13,15,17H2,1-2H3,(H,29,33). The first-order chi connectivity index (χ1) is 16.4. The highest BCUT2D eigenvalue weighted by Crippen LogP contribution is 2.59. The summed E-state index contributed by atoms with van der Waals surface area (Å²) in [6, 6.07) is 14.3. The molecule has 3 aliphatic rings. The molecule has 7 nitrogen and oxygen atoms in total. The van der Waals surface area contributed by atoms with E-state index in [9.17, 15) is 9.59 Å². The largest absolute Gasteiger partial charge is 0.341 e. The van der Waals surface area contributed by atoms with Gasteiger partial charge in [-0.25, -0.2) is 0 Å². The first-order valence-corrected chi connectivity index (χ1v) is 12.2. The van der Waals surface area contributed by atoms with E-state index in [2.05, 4.69) is 39.6 Å². The number of piperidine rings is 1. The number of nitrogens with one attached hydrogen (secondary N) is 1. The van der Waals surface area contributed by atoms with Gasteiger partial charge in [-0.3, -0.25) is 19.2 Å². The van der Waals surface area contributed by atoms with Crippen LogP contribution in [0.3, 0.4) is 0 Å². The Balaban J connectivity index is 1.06. The van der Waals surface area contributed by atoms with Crippen LogP contribution >= 0.6 is 0 Å². The smallest absolute Gasteiger partial charge is 0.240 e. The molecule has 1 N–H and O–H groups in total. The molecule has 2 atom stereocenters. The number of fused-ring (bicyclic) bond motifs is 2. The minimum Gasteiger partial charge on any atom is -0.341 e. The molecule has 0 bridgehead atoms. The molecule has 176 valence electrons. The van der Waals surface area contributed by atoms with Crippen LogP contribution < -0.4 is 5.32 Å². The number of benzene rings is 2. The number of anilines is 1. The van der Waals surface area contributed by atoms with Gasteiger partial charge in [0.2, 0.25) is 11.8 Å². The molecule has 1 aliphatic carbocycles. The lowest BCUT2D eigenvalue weighted by Gasteiger charge is -2.39. The third kappa shape index (κ3) is 3.59. The van der Waals surface area contributed by atoms with Crippen LogP contribution in [0.25, 0.3) is 10.9 Å². The molecule has 1 aromatic heterocycles. The van der Waals surface area contributed by atoms with E-state index < -0.39 is 0 Å². The molecule has 1 saturated heterocycles. The normalized spacial score (nSPS) is 23.6. The number of likely N-dealkylation sites (tertiary alicyclic amines) is 1. The molecule has 2 unspecified atom stereocenters. The molecule has 3 heterocycles. The minimum atomic E-state index is -0.0934. The van der Waals surface area contributed by atoms with Gasteiger partial charge in [0.25, 0.3) is 0 Å². The van der Waals surface area contributed by atoms with E-state index in [4.69, 9.17) is 0 Å². The summed E-state index contributed by atoms with van der Waals surface area (Å²) in [7, 11) is 3.96. The maximum Gasteiger partial charge on any atom is 0.240 e. The average Bonchev–Trinajstić information content (AvgIpc) is 3.43. The summed E-state index contributed by atoms with van der Waals surface area (Å²) in [6.45, 7) is 2.31. The van der Waals surface area contributed by atoms with Crippen molar-refractivity contribution in [2.75, 3.05) is 25.5 Å². The molecular weight excluding hydrogens is 426 g/mol. The molecule has 2 aromatic carbocycles. The van der Waals surface area contributed by atoms with Crippen molar-refractivity contribution in [1.82, 2.24) is 19.6 Å². The monoisotopic (exact) mass is 457 g/mol. The zero-order valence-corrected chi connectivity index (χ0v) is 19.8. The number of nitrogens with zero attached hydrogens (tertiary/aromatic N) is 4. The Hall–Kier alpha value is -3.19. The number of hydrogen-bond acceptors (Lipinski definition) is 4. The SMILES string of the molecule is CN1Cc2ccccc2CC1C(=O)N1CCC2(CC1)CC2C(=O)Nc1ccc2cnn(C)c2c1. The van der Waals surface area contributed by atoms with E-state index in [1.807, 2.05) is 48.1 Å². The van der Waals surface area contributed by atoms with Crippen molar-refractivity contribution in [3.05, 3.63) is 59.8 Å². The third-order valence-electron chi connectivity index (χ3n) is 8.36. The number of aromatic nitrogens is 2. The number of amides is 2. The van der Waals surface area contributed by atoms with E-state index in [-0.39, 0.29) is 29.2 Å². The quantitative estimate of drug-likeness (QED) is 0.656. The van der Waals surface area contributed by atoms with Gasteiger partial charge in [0.15, 0.2) is 0 Å². The van der Waals surface area contributed by atoms with Crippen LogP contribution in [0.4, 0.5) is 5.69 Å². The second-order valence-electron chi connectivity index (χ2n) is 10.4. The number of rotatable bonds is 3. The number of aryl methyl sites for hydroxylation is 1. The summed E-state index contributed by atoms with van der Waals surface area (Å²) in [6.07, 6.45) is 5.34. The second-order valence-corrected chi connectivity index (χ2v) is 10.4. The molecule has 0 radical (unpaired) electrons. The van der Waals surface area contributed by atoms with Gasteiger partial charge in [-0.15, -0.1) is 0 Å². The van der Waals surface area contributed by atoms with E-state index in [0.717, 1.165) is 61.9 Å². The zero-order valence-electron chi connectivity index (χ0n) is 19.8. The second kappa shape index (κ2) is 7.94. The summed E-state index contributed by atoms with van der Waals surface area (Å²) in [5, 5.41) is 8.45. The molecule has 3 aromatic rings. The highest BCUT2D eigenvalue weighted by atomic mass is 16.2. The Bertz CT molecular complexity index is 1270. The summed E-state index contributed by atoms with van der Waals surface area (Å²) in [5.41, 5.74) is 4.49. The van der Waals surface area contributed by atoms with Crippen molar-refractivity contribution >= 4 is 28.4 Å². The minimum absolute atomic E-state index is 0.0382. The molecule has 6 rings (SSSR count). The van der Waals surface area contributed by atoms with Crippen LogP contribution in [0, 0.1) is 11.3 Å². The first kappa shape index (κ1) is 21.4. The van der Waals surface area contributed by atoms with Gasteiger partial charge in [-0.1, -0.05) is 24.3 Å². The molecular formula is C27H31N5O2. The molecule has 2 amide bonds. The summed E-state index contributed by atoms with van der Waals surface area (Å²) < 4.78 is 1.82. The lowest BCUT2D eigenvalue weighted by molar-refractivity contribution is -0.138. The number of hydrogen-bond donors (Lipinski definition) is 1. The van der Waals surface area contributed by atoms with Gasteiger partial charge in [-0.2, -0.15) is 5.10 Å². The predicted molar refractivity (Wildman–Crippen MR) is 131 cm³/mol. The Morgan fingerprint density at radius 2 is 1.82 bits per heavy atom. The molecule has 1 spiro atoms. The zero-order chi connectivity index (χ0) is 23.4.